The molecular weight excluding hydrogens is 317 g/mol. The number of pyridine rings is 1. The van der Waals surface area contributed by atoms with Crippen LogP contribution >= 0.6 is 24.8 Å². The number of benzene rings is 1. The van der Waals surface area contributed by atoms with Gasteiger partial charge < -0.3 is 10.3 Å². The Morgan fingerprint density at radius 1 is 1.05 bits per heavy atom. The molecular formula is C17H21Cl2N3. The first kappa shape index (κ1) is 18.5. The zero-order valence-electron chi connectivity index (χ0n) is 12.5. The van der Waals surface area contributed by atoms with Crippen molar-refractivity contribution in [2.45, 2.75) is 19.9 Å². The van der Waals surface area contributed by atoms with Gasteiger partial charge in [0.15, 0.2) is 0 Å². The molecule has 2 aromatic heterocycles. The summed E-state index contributed by atoms with van der Waals surface area (Å²) in [6.45, 7) is 3.93. The van der Waals surface area contributed by atoms with E-state index in [9.17, 15) is 0 Å². The van der Waals surface area contributed by atoms with Crippen LogP contribution in [0.1, 0.15) is 17.0 Å². The highest BCUT2D eigenvalue weighted by Gasteiger charge is 2.06. The van der Waals surface area contributed by atoms with Crippen LogP contribution in [0.2, 0.25) is 0 Å². The fourth-order valence-corrected chi connectivity index (χ4v) is 2.59. The maximum absolute atomic E-state index is 4.31. The Morgan fingerprint density at radius 2 is 1.82 bits per heavy atom. The van der Waals surface area contributed by atoms with Crippen LogP contribution in [-0.2, 0) is 13.0 Å². The van der Waals surface area contributed by atoms with Crippen molar-refractivity contribution < 1.29 is 0 Å². The van der Waals surface area contributed by atoms with E-state index in [0.29, 0.717) is 0 Å². The van der Waals surface area contributed by atoms with Gasteiger partial charge in [-0.1, -0.05) is 24.3 Å². The van der Waals surface area contributed by atoms with Gasteiger partial charge in [0, 0.05) is 29.3 Å². The van der Waals surface area contributed by atoms with Crippen molar-refractivity contribution in [1.82, 2.24) is 15.3 Å². The van der Waals surface area contributed by atoms with E-state index in [4.69, 9.17) is 0 Å². The van der Waals surface area contributed by atoms with Gasteiger partial charge in [0.2, 0.25) is 0 Å². The Balaban J connectivity index is 0.00000121. The van der Waals surface area contributed by atoms with Crippen LogP contribution in [0, 0.1) is 6.92 Å². The number of para-hydroxylation sites is 1. The van der Waals surface area contributed by atoms with Crippen LogP contribution in [0.15, 0.2) is 48.7 Å². The van der Waals surface area contributed by atoms with Crippen molar-refractivity contribution >= 4 is 35.7 Å². The molecule has 0 spiro atoms. The largest absolute Gasteiger partial charge is 0.358 e. The molecule has 0 fully saturated rings. The lowest BCUT2D eigenvalue weighted by molar-refractivity contribution is 0.675. The van der Waals surface area contributed by atoms with Gasteiger partial charge in [-0.2, -0.15) is 0 Å². The second-order valence-electron chi connectivity index (χ2n) is 5.02. The zero-order chi connectivity index (χ0) is 13.8. The number of nitrogens with zero attached hydrogens (tertiary/aromatic N) is 1. The van der Waals surface area contributed by atoms with Crippen molar-refractivity contribution in [3.63, 3.8) is 0 Å². The Labute approximate surface area is 143 Å². The number of aryl methyl sites for hydroxylation is 1. The van der Waals surface area contributed by atoms with Crippen LogP contribution < -0.4 is 5.32 Å². The number of H-pyrrole nitrogens is 1. The van der Waals surface area contributed by atoms with Gasteiger partial charge in [-0.25, -0.2) is 0 Å². The number of fused-ring (bicyclic) bond motifs is 1. The number of halogens is 2. The number of aromatic nitrogens is 2. The summed E-state index contributed by atoms with van der Waals surface area (Å²) in [4.78, 5) is 7.76. The first-order chi connectivity index (χ1) is 9.84. The van der Waals surface area contributed by atoms with Crippen molar-refractivity contribution in [1.29, 1.82) is 0 Å². The maximum Gasteiger partial charge on any atom is 0.0541 e. The quantitative estimate of drug-likeness (QED) is 0.689. The van der Waals surface area contributed by atoms with Crippen LogP contribution in [0.4, 0.5) is 0 Å². The lowest BCUT2D eigenvalue weighted by Crippen LogP contribution is -2.17. The minimum atomic E-state index is 0. The summed E-state index contributed by atoms with van der Waals surface area (Å²) in [6.07, 6.45) is 2.86. The molecule has 3 aromatic rings. The highest BCUT2D eigenvalue weighted by Crippen LogP contribution is 2.21. The van der Waals surface area contributed by atoms with Crippen molar-refractivity contribution in [2.24, 2.45) is 0 Å². The number of nitrogens with one attached hydrogen (secondary N) is 2. The van der Waals surface area contributed by atoms with E-state index in [1.807, 2.05) is 24.4 Å². The average Bonchev–Trinajstić information content (AvgIpc) is 2.80. The van der Waals surface area contributed by atoms with Crippen LogP contribution in [-0.4, -0.2) is 16.5 Å². The van der Waals surface area contributed by atoms with Crippen LogP contribution in [0.25, 0.3) is 10.9 Å². The lowest BCUT2D eigenvalue weighted by Gasteiger charge is -2.05. The number of hydrogen-bond acceptors (Lipinski definition) is 2. The average molecular weight is 338 g/mol. The molecule has 0 aliphatic heterocycles. The topological polar surface area (TPSA) is 40.7 Å². The molecule has 0 saturated carbocycles. The smallest absolute Gasteiger partial charge is 0.0541 e. The Hall–Kier alpha value is -1.55. The van der Waals surface area contributed by atoms with Gasteiger partial charge in [0.1, 0.15) is 0 Å². The summed E-state index contributed by atoms with van der Waals surface area (Å²) < 4.78 is 0. The molecule has 0 aliphatic rings. The molecule has 22 heavy (non-hydrogen) atoms. The van der Waals surface area contributed by atoms with E-state index < -0.39 is 0 Å². The molecule has 2 heterocycles. The molecule has 0 atom stereocenters. The molecule has 0 amide bonds. The van der Waals surface area contributed by atoms with Crippen LogP contribution in [0.5, 0.6) is 0 Å². The third kappa shape index (κ3) is 4.23. The molecule has 3 nitrogen and oxygen atoms in total. The number of rotatable bonds is 5. The van der Waals surface area contributed by atoms with Gasteiger partial charge in [-0.05, 0) is 43.7 Å². The number of aromatic amines is 1. The molecule has 1 aromatic carbocycles. The summed E-state index contributed by atoms with van der Waals surface area (Å²) in [7, 11) is 0. The van der Waals surface area contributed by atoms with E-state index in [0.717, 1.165) is 25.2 Å². The molecule has 0 unspecified atom stereocenters. The minimum Gasteiger partial charge on any atom is -0.358 e. The van der Waals surface area contributed by atoms with Crippen molar-refractivity contribution in [2.75, 3.05) is 6.54 Å². The molecule has 2 N–H and O–H groups in total. The van der Waals surface area contributed by atoms with E-state index in [2.05, 4.69) is 46.5 Å². The molecule has 0 aliphatic carbocycles. The van der Waals surface area contributed by atoms with Gasteiger partial charge in [-0.15, -0.1) is 24.8 Å². The summed E-state index contributed by atoms with van der Waals surface area (Å²) in [5.41, 5.74) is 4.99. The highest BCUT2D eigenvalue weighted by atomic mass is 35.5. The van der Waals surface area contributed by atoms with Crippen molar-refractivity contribution in [3.05, 3.63) is 65.6 Å². The first-order valence-corrected chi connectivity index (χ1v) is 7.01. The summed E-state index contributed by atoms with van der Waals surface area (Å²) in [6, 6.07) is 14.5. The number of hydrogen-bond donors (Lipinski definition) is 2. The van der Waals surface area contributed by atoms with E-state index >= 15 is 0 Å². The SMILES string of the molecule is Cc1[nH]c2ccccc2c1CCNCc1ccccn1.Cl.Cl. The monoisotopic (exact) mass is 337 g/mol. The second-order valence-corrected chi connectivity index (χ2v) is 5.02. The Kier molecular flexibility index (Phi) is 7.39. The Bertz CT molecular complexity index is 695. The Morgan fingerprint density at radius 3 is 2.59 bits per heavy atom. The standard InChI is InChI=1S/C17H19N3.2ClH/c1-13-15(16-7-2-3-8-17(16)20-13)9-11-18-12-14-6-4-5-10-19-14;;/h2-8,10,18,20H,9,11-12H2,1H3;2*1H. The minimum absolute atomic E-state index is 0. The maximum atomic E-state index is 4.31. The third-order valence-corrected chi connectivity index (χ3v) is 3.61. The highest BCUT2D eigenvalue weighted by molar-refractivity contribution is 5.86. The zero-order valence-corrected chi connectivity index (χ0v) is 14.1. The summed E-state index contributed by atoms with van der Waals surface area (Å²) in [5.74, 6) is 0. The second kappa shape index (κ2) is 8.79. The molecule has 0 saturated heterocycles. The normalized spacial score (nSPS) is 10.0. The predicted octanol–water partition coefficient (Wildman–Crippen LogP) is 4.05. The molecule has 118 valence electrons. The van der Waals surface area contributed by atoms with E-state index in [1.54, 1.807) is 0 Å². The summed E-state index contributed by atoms with van der Waals surface area (Å²) in [5, 5.41) is 4.79. The predicted molar refractivity (Wildman–Crippen MR) is 97.2 cm³/mol. The molecule has 3 rings (SSSR count). The van der Waals surface area contributed by atoms with Crippen LogP contribution in [0.3, 0.4) is 0 Å². The van der Waals surface area contributed by atoms with E-state index in [-0.39, 0.29) is 24.8 Å². The van der Waals surface area contributed by atoms with E-state index in [1.165, 1.54) is 22.2 Å². The lowest BCUT2D eigenvalue weighted by atomic mass is 10.1. The fraction of sp³-hybridized carbons (Fsp3) is 0.235. The van der Waals surface area contributed by atoms with Gasteiger partial charge >= 0.3 is 0 Å². The molecule has 5 heteroatoms. The first-order valence-electron chi connectivity index (χ1n) is 7.01. The molecule has 0 radical (unpaired) electrons. The summed E-state index contributed by atoms with van der Waals surface area (Å²) >= 11 is 0. The van der Waals surface area contributed by atoms with Gasteiger partial charge in [0.25, 0.3) is 0 Å². The van der Waals surface area contributed by atoms with Gasteiger partial charge in [0.05, 0.1) is 5.69 Å². The van der Waals surface area contributed by atoms with Gasteiger partial charge in [-0.3, -0.25) is 4.98 Å². The molecule has 0 bridgehead atoms. The fourth-order valence-electron chi connectivity index (χ4n) is 2.59. The van der Waals surface area contributed by atoms with Crippen molar-refractivity contribution in [3.8, 4) is 0 Å². The third-order valence-electron chi connectivity index (χ3n) is 3.61.